The van der Waals surface area contributed by atoms with Gasteiger partial charge in [0.15, 0.2) is 0 Å². The molecule has 4 heteroatoms. The predicted molar refractivity (Wildman–Crippen MR) is 64.0 cm³/mol. The number of hydrogen-bond acceptors (Lipinski definition) is 3. The van der Waals surface area contributed by atoms with E-state index in [9.17, 15) is 0 Å². The standard InChI is InChI=1S/C10H15BrN2S/c1-8-12-10(7-14-8)6-13-3-2-9(4-11)5-13/h7,9H,2-6H2,1H3. The molecular formula is C10H15BrN2S. The van der Waals surface area contributed by atoms with Crippen LogP contribution in [0.4, 0.5) is 0 Å². The van der Waals surface area contributed by atoms with E-state index in [4.69, 9.17) is 0 Å². The van der Waals surface area contributed by atoms with Crippen LogP contribution in [0.1, 0.15) is 17.1 Å². The van der Waals surface area contributed by atoms with Crippen LogP contribution in [0, 0.1) is 12.8 Å². The topological polar surface area (TPSA) is 16.1 Å². The smallest absolute Gasteiger partial charge is 0.0897 e. The van der Waals surface area contributed by atoms with Crippen molar-refractivity contribution in [1.82, 2.24) is 9.88 Å². The van der Waals surface area contributed by atoms with Gasteiger partial charge in [-0.15, -0.1) is 11.3 Å². The number of rotatable bonds is 3. The number of alkyl halides is 1. The fraction of sp³-hybridized carbons (Fsp3) is 0.700. The van der Waals surface area contributed by atoms with E-state index in [1.165, 1.54) is 30.2 Å². The third-order valence-electron chi connectivity index (χ3n) is 2.64. The predicted octanol–water partition coefficient (Wildman–Crippen LogP) is 2.67. The van der Waals surface area contributed by atoms with Gasteiger partial charge in [0.2, 0.25) is 0 Å². The first-order valence-electron chi connectivity index (χ1n) is 4.97. The van der Waals surface area contributed by atoms with Crippen molar-refractivity contribution in [2.45, 2.75) is 19.9 Å². The van der Waals surface area contributed by atoms with Gasteiger partial charge in [-0.1, -0.05) is 15.9 Å². The number of likely N-dealkylation sites (tertiary alicyclic amines) is 1. The third kappa shape index (κ3) is 2.55. The summed E-state index contributed by atoms with van der Waals surface area (Å²) in [5.41, 5.74) is 1.24. The van der Waals surface area contributed by atoms with Gasteiger partial charge in [-0.25, -0.2) is 4.98 Å². The Kier molecular flexibility index (Phi) is 3.57. The van der Waals surface area contributed by atoms with Crippen molar-refractivity contribution in [3.05, 3.63) is 16.1 Å². The molecule has 2 heterocycles. The number of halogens is 1. The van der Waals surface area contributed by atoms with Crippen molar-refractivity contribution in [2.24, 2.45) is 5.92 Å². The summed E-state index contributed by atoms with van der Waals surface area (Å²) in [4.78, 5) is 6.99. The van der Waals surface area contributed by atoms with Gasteiger partial charge in [-0.2, -0.15) is 0 Å². The summed E-state index contributed by atoms with van der Waals surface area (Å²) in [6.07, 6.45) is 1.33. The molecule has 0 spiro atoms. The molecule has 1 aliphatic heterocycles. The summed E-state index contributed by atoms with van der Waals surface area (Å²) >= 11 is 5.30. The summed E-state index contributed by atoms with van der Waals surface area (Å²) < 4.78 is 0. The van der Waals surface area contributed by atoms with Crippen LogP contribution in [0.15, 0.2) is 5.38 Å². The first kappa shape index (κ1) is 10.6. The zero-order chi connectivity index (χ0) is 9.97. The zero-order valence-corrected chi connectivity index (χ0v) is 10.8. The maximum atomic E-state index is 4.49. The van der Waals surface area contributed by atoms with Gasteiger partial charge in [-0.05, 0) is 25.8 Å². The molecule has 0 saturated carbocycles. The van der Waals surface area contributed by atoms with Crippen LogP contribution >= 0.6 is 27.3 Å². The second-order valence-electron chi connectivity index (χ2n) is 3.90. The van der Waals surface area contributed by atoms with Gasteiger partial charge in [0.25, 0.3) is 0 Å². The lowest BCUT2D eigenvalue weighted by Gasteiger charge is -2.13. The van der Waals surface area contributed by atoms with E-state index in [2.05, 4.69) is 38.1 Å². The Morgan fingerprint density at radius 1 is 1.71 bits per heavy atom. The Morgan fingerprint density at radius 2 is 2.57 bits per heavy atom. The monoisotopic (exact) mass is 274 g/mol. The molecule has 1 atom stereocenters. The molecule has 1 unspecified atom stereocenters. The molecule has 2 nitrogen and oxygen atoms in total. The molecule has 78 valence electrons. The molecule has 0 aromatic carbocycles. The van der Waals surface area contributed by atoms with E-state index in [1.54, 1.807) is 11.3 Å². The Balaban J connectivity index is 1.87. The summed E-state index contributed by atoms with van der Waals surface area (Å²) in [6, 6.07) is 0. The lowest BCUT2D eigenvalue weighted by molar-refractivity contribution is 0.318. The lowest BCUT2D eigenvalue weighted by Crippen LogP contribution is -2.20. The molecule has 2 rings (SSSR count). The molecule has 1 aromatic heterocycles. The normalized spacial score (nSPS) is 23.1. The second-order valence-corrected chi connectivity index (χ2v) is 5.61. The van der Waals surface area contributed by atoms with E-state index in [-0.39, 0.29) is 0 Å². The van der Waals surface area contributed by atoms with Crippen molar-refractivity contribution >= 4 is 27.3 Å². The van der Waals surface area contributed by atoms with Crippen molar-refractivity contribution in [3.63, 3.8) is 0 Å². The number of nitrogens with zero attached hydrogens (tertiary/aromatic N) is 2. The largest absolute Gasteiger partial charge is 0.297 e. The maximum Gasteiger partial charge on any atom is 0.0897 e. The van der Waals surface area contributed by atoms with Crippen molar-refractivity contribution in [2.75, 3.05) is 18.4 Å². The van der Waals surface area contributed by atoms with Crippen molar-refractivity contribution in [1.29, 1.82) is 0 Å². The van der Waals surface area contributed by atoms with Crippen LogP contribution in [-0.2, 0) is 6.54 Å². The minimum atomic E-state index is 0.842. The Morgan fingerprint density at radius 3 is 3.14 bits per heavy atom. The van der Waals surface area contributed by atoms with Gasteiger partial charge in [0.1, 0.15) is 0 Å². The first-order chi connectivity index (χ1) is 6.78. The highest BCUT2D eigenvalue weighted by molar-refractivity contribution is 9.09. The average Bonchev–Trinajstić information content (AvgIpc) is 2.76. The van der Waals surface area contributed by atoms with Gasteiger partial charge < -0.3 is 0 Å². The van der Waals surface area contributed by atoms with Gasteiger partial charge >= 0.3 is 0 Å². The van der Waals surface area contributed by atoms with Crippen LogP contribution in [0.2, 0.25) is 0 Å². The molecule has 0 radical (unpaired) electrons. The molecule has 0 N–H and O–H groups in total. The molecule has 1 aliphatic rings. The third-order valence-corrected chi connectivity index (χ3v) is 4.38. The molecule has 0 amide bonds. The van der Waals surface area contributed by atoms with Gasteiger partial charge in [0, 0.05) is 23.8 Å². The molecule has 14 heavy (non-hydrogen) atoms. The van der Waals surface area contributed by atoms with Crippen LogP contribution in [-0.4, -0.2) is 28.3 Å². The van der Waals surface area contributed by atoms with E-state index < -0.39 is 0 Å². The quantitative estimate of drug-likeness (QED) is 0.788. The van der Waals surface area contributed by atoms with Gasteiger partial charge in [0.05, 0.1) is 10.7 Å². The minimum absolute atomic E-state index is 0.842. The SMILES string of the molecule is Cc1nc(CN2CCC(CBr)C2)cs1. The summed E-state index contributed by atoms with van der Waals surface area (Å²) in [5.74, 6) is 0.842. The first-order valence-corrected chi connectivity index (χ1v) is 6.97. The molecule has 1 saturated heterocycles. The molecule has 1 aromatic rings. The molecular weight excluding hydrogens is 260 g/mol. The molecule has 0 aliphatic carbocycles. The Hall–Kier alpha value is 0.0700. The highest BCUT2D eigenvalue weighted by Gasteiger charge is 2.21. The molecule has 1 fully saturated rings. The van der Waals surface area contributed by atoms with E-state index in [0.717, 1.165) is 17.8 Å². The lowest BCUT2D eigenvalue weighted by atomic mass is 10.2. The summed E-state index contributed by atoms with van der Waals surface area (Å²) in [5, 5.41) is 4.49. The Bertz CT molecular complexity index is 300. The van der Waals surface area contributed by atoms with E-state index in [1.807, 2.05) is 0 Å². The van der Waals surface area contributed by atoms with Crippen molar-refractivity contribution in [3.8, 4) is 0 Å². The van der Waals surface area contributed by atoms with Crippen LogP contribution < -0.4 is 0 Å². The number of aromatic nitrogens is 1. The average molecular weight is 275 g/mol. The van der Waals surface area contributed by atoms with Crippen molar-refractivity contribution < 1.29 is 0 Å². The van der Waals surface area contributed by atoms with Gasteiger partial charge in [-0.3, -0.25) is 4.90 Å². The summed E-state index contributed by atoms with van der Waals surface area (Å²) in [6.45, 7) is 5.56. The van der Waals surface area contributed by atoms with E-state index in [0.29, 0.717) is 0 Å². The minimum Gasteiger partial charge on any atom is -0.297 e. The number of hydrogen-bond donors (Lipinski definition) is 0. The molecule has 0 bridgehead atoms. The zero-order valence-electron chi connectivity index (χ0n) is 8.37. The summed E-state index contributed by atoms with van der Waals surface area (Å²) in [7, 11) is 0. The maximum absolute atomic E-state index is 4.49. The fourth-order valence-corrected chi connectivity index (χ4v) is 3.02. The fourth-order valence-electron chi connectivity index (χ4n) is 1.89. The van der Waals surface area contributed by atoms with Crippen LogP contribution in [0.5, 0.6) is 0 Å². The Labute approximate surface area is 97.5 Å². The van der Waals surface area contributed by atoms with E-state index >= 15 is 0 Å². The van der Waals surface area contributed by atoms with Crippen LogP contribution in [0.3, 0.4) is 0 Å². The number of aryl methyl sites for hydroxylation is 1. The van der Waals surface area contributed by atoms with Crippen LogP contribution in [0.25, 0.3) is 0 Å². The second kappa shape index (κ2) is 4.73. The number of thiazole rings is 1. The highest BCUT2D eigenvalue weighted by atomic mass is 79.9. The highest BCUT2D eigenvalue weighted by Crippen LogP contribution is 2.20.